The summed E-state index contributed by atoms with van der Waals surface area (Å²) in [6.07, 6.45) is 4.28. The second-order valence-corrected chi connectivity index (χ2v) is 14.8. The van der Waals surface area contributed by atoms with E-state index in [2.05, 4.69) is 30.8 Å². The Morgan fingerprint density at radius 1 is 0.946 bits per heavy atom. The third-order valence-electron chi connectivity index (χ3n) is 10.5. The molecule has 0 radical (unpaired) electrons. The minimum atomic E-state index is -4.69. The lowest BCUT2D eigenvalue weighted by atomic mass is 9.92. The predicted octanol–water partition coefficient (Wildman–Crippen LogP) is 4.99. The van der Waals surface area contributed by atoms with E-state index in [1.807, 2.05) is 37.1 Å². The number of nitrogens with zero attached hydrogens (tertiary/aromatic N) is 6. The van der Waals surface area contributed by atoms with Gasteiger partial charge in [0.2, 0.25) is 17.7 Å². The van der Waals surface area contributed by atoms with Gasteiger partial charge in [-0.2, -0.15) is 13.2 Å². The van der Waals surface area contributed by atoms with Crippen LogP contribution in [0.1, 0.15) is 91.8 Å². The molecule has 17 heteroatoms. The van der Waals surface area contributed by atoms with Crippen LogP contribution in [0.4, 0.5) is 24.5 Å². The van der Waals surface area contributed by atoms with E-state index < -0.39 is 23.8 Å². The Labute approximate surface area is 321 Å². The van der Waals surface area contributed by atoms with Crippen LogP contribution in [0.5, 0.6) is 5.75 Å². The highest BCUT2D eigenvalue weighted by atomic mass is 19.4. The van der Waals surface area contributed by atoms with E-state index in [9.17, 15) is 32.3 Å². The number of hydrogen-bond donors (Lipinski definition) is 3. The van der Waals surface area contributed by atoms with Crippen molar-refractivity contribution in [1.82, 2.24) is 34.5 Å². The molecule has 3 aliphatic heterocycles. The molecule has 3 saturated heterocycles. The molecule has 3 fully saturated rings. The lowest BCUT2D eigenvalue weighted by molar-refractivity contribution is -0.141. The molecule has 0 saturated carbocycles. The van der Waals surface area contributed by atoms with Crippen LogP contribution < -0.4 is 20.7 Å². The van der Waals surface area contributed by atoms with Gasteiger partial charge in [-0.25, -0.2) is 9.97 Å². The van der Waals surface area contributed by atoms with Gasteiger partial charge in [0.1, 0.15) is 34.5 Å². The van der Waals surface area contributed by atoms with Crippen molar-refractivity contribution >= 4 is 40.7 Å². The van der Waals surface area contributed by atoms with E-state index in [0.717, 1.165) is 68.0 Å². The SMILES string of the molecule is CC(C)Oc1cc2nc(C3CCN(CC(=O)N4CCC(c5ccc(NC6CCC(=O)NC6=O)cn5)CC4)CC3)cn2cc1NC(=O)c1cccc(C(F)(F)F)n1. The van der Waals surface area contributed by atoms with Crippen molar-refractivity contribution in [1.29, 1.82) is 0 Å². The number of alkyl halides is 3. The molecule has 1 unspecified atom stereocenters. The lowest BCUT2D eigenvalue weighted by Gasteiger charge is -2.35. The Kier molecular flexibility index (Phi) is 11.2. The van der Waals surface area contributed by atoms with Gasteiger partial charge in [0.15, 0.2) is 0 Å². The number of imidazole rings is 1. The van der Waals surface area contributed by atoms with Crippen molar-refractivity contribution in [2.75, 3.05) is 43.4 Å². The number of anilines is 2. The van der Waals surface area contributed by atoms with Crippen molar-refractivity contribution in [2.24, 2.45) is 0 Å². The molecule has 0 spiro atoms. The first-order chi connectivity index (χ1) is 26.8. The van der Waals surface area contributed by atoms with Crippen LogP contribution >= 0.6 is 0 Å². The summed E-state index contributed by atoms with van der Waals surface area (Å²) in [7, 11) is 0. The topological polar surface area (TPSA) is 163 Å². The number of carbonyl (C=O) groups is 4. The number of halogens is 3. The average molecular weight is 776 g/mol. The number of imide groups is 1. The third kappa shape index (κ3) is 9.09. The minimum Gasteiger partial charge on any atom is -0.489 e. The van der Waals surface area contributed by atoms with E-state index >= 15 is 0 Å². The number of hydrogen-bond acceptors (Lipinski definition) is 10. The van der Waals surface area contributed by atoms with Crippen molar-refractivity contribution in [2.45, 2.75) is 82.5 Å². The van der Waals surface area contributed by atoms with E-state index in [1.165, 1.54) is 6.07 Å². The number of likely N-dealkylation sites (tertiary alicyclic amines) is 2. The summed E-state index contributed by atoms with van der Waals surface area (Å²) in [5.41, 5.74) is 1.88. The molecule has 4 amide bonds. The van der Waals surface area contributed by atoms with Crippen LogP contribution in [0.15, 0.2) is 55.0 Å². The van der Waals surface area contributed by atoms with Crippen LogP contribution in [-0.2, 0) is 20.6 Å². The number of amides is 4. The Morgan fingerprint density at radius 3 is 2.36 bits per heavy atom. The van der Waals surface area contributed by atoms with Gasteiger partial charge in [-0.3, -0.25) is 34.4 Å². The second kappa shape index (κ2) is 16.3. The fourth-order valence-electron chi connectivity index (χ4n) is 7.45. The quantitative estimate of drug-likeness (QED) is 0.187. The van der Waals surface area contributed by atoms with Gasteiger partial charge in [-0.15, -0.1) is 0 Å². The van der Waals surface area contributed by atoms with E-state index in [4.69, 9.17) is 9.72 Å². The number of rotatable bonds is 10. The molecule has 0 aliphatic carbocycles. The molecule has 3 N–H and O–H groups in total. The van der Waals surface area contributed by atoms with E-state index in [0.29, 0.717) is 43.9 Å². The minimum absolute atomic E-state index is 0.110. The maximum absolute atomic E-state index is 13.3. The molecule has 56 heavy (non-hydrogen) atoms. The summed E-state index contributed by atoms with van der Waals surface area (Å²) in [5, 5.41) is 8.16. The molecule has 4 aromatic rings. The summed E-state index contributed by atoms with van der Waals surface area (Å²) in [5.74, 6) is -0.563. The van der Waals surface area contributed by atoms with E-state index in [1.54, 1.807) is 22.9 Å². The Balaban J connectivity index is 0.906. The van der Waals surface area contributed by atoms with Gasteiger partial charge in [-0.1, -0.05) is 6.07 Å². The number of fused-ring (bicyclic) bond motifs is 1. The third-order valence-corrected chi connectivity index (χ3v) is 10.5. The number of aromatic nitrogens is 4. The Bertz CT molecular complexity index is 2090. The van der Waals surface area contributed by atoms with Crippen LogP contribution in [-0.4, -0.2) is 97.7 Å². The van der Waals surface area contributed by atoms with Gasteiger partial charge in [0.25, 0.3) is 5.91 Å². The molecule has 296 valence electrons. The predicted molar refractivity (Wildman–Crippen MR) is 199 cm³/mol. The monoisotopic (exact) mass is 775 g/mol. The second-order valence-electron chi connectivity index (χ2n) is 14.8. The molecule has 1 atom stereocenters. The molecule has 14 nitrogen and oxygen atoms in total. The molecular formula is C39H44F3N9O5. The summed E-state index contributed by atoms with van der Waals surface area (Å²) in [6.45, 7) is 6.77. The van der Waals surface area contributed by atoms with Gasteiger partial charge >= 0.3 is 6.18 Å². The molecule has 0 aromatic carbocycles. The lowest BCUT2D eigenvalue weighted by Crippen LogP contribution is -2.47. The highest BCUT2D eigenvalue weighted by molar-refractivity contribution is 6.04. The van der Waals surface area contributed by atoms with Crippen molar-refractivity contribution in [3.63, 3.8) is 0 Å². The summed E-state index contributed by atoms with van der Waals surface area (Å²) in [6, 6.07) is 8.26. The highest BCUT2D eigenvalue weighted by Crippen LogP contribution is 2.33. The fourth-order valence-corrected chi connectivity index (χ4v) is 7.45. The van der Waals surface area contributed by atoms with Crippen LogP contribution in [0.3, 0.4) is 0 Å². The molecule has 3 aliphatic rings. The van der Waals surface area contributed by atoms with Gasteiger partial charge in [0, 0.05) is 55.5 Å². The standard InChI is InChI=1S/C39H44F3N9O5/c1-23(2)56-32-18-34-46-30(20-51(34)21-31(32)47-37(54)28-4-3-5-33(45-28)39(40,41)42)25-10-14-49(15-11-25)22-36(53)50-16-12-24(13-17-50)27-7-6-26(19-43-27)44-29-8-9-35(52)48-38(29)55/h3-7,18-21,23-25,29,44H,8-17,22H2,1-2H3,(H,47,54)(H,48,52,55). The number of ether oxygens (including phenoxy) is 1. The van der Waals surface area contributed by atoms with Gasteiger partial charge in [0.05, 0.1) is 30.2 Å². The fraction of sp³-hybridized carbons (Fsp3) is 0.462. The highest BCUT2D eigenvalue weighted by Gasteiger charge is 2.33. The molecule has 4 aromatic heterocycles. The Morgan fingerprint density at radius 2 is 1.68 bits per heavy atom. The number of carbonyl (C=O) groups excluding carboxylic acids is 4. The van der Waals surface area contributed by atoms with Gasteiger partial charge in [-0.05, 0) is 83.3 Å². The maximum atomic E-state index is 13.3. The van der Waals surface area contributed by atoms with Crippen LogP contribution in [0.25, 0.3) is 5.65 Å². The molecular weight excluding hydrogens is 731 g/mol. The normalized spacial score (nSPS) is 19.0. The smallest absolute Gasteiger partial charge is 0.433 e. The van der Waals surface area contributed by atoms with Crippen LogP contribution in [0, 0.1) is 0 Å². The summed E-state index contributed by atoms with van der Waals surface area (Å²) >= 11 is 0. The molecule has 0 bridgehead atoms. The number of nitrogens with one attached hydrogen (secondary N) is 3. The Hall–Kier alpha value is -5.58. The molecule has 7 rings (SSSR count). The maximum Gasteiger partial charge on any atom is 0.433 e. The zero-order valence-corrected chi connectivity index (χ0v) is 31.1. The average Bonchev–Trinajstić information content (AvgIpc) is 3.59. The first kappa shape index (κ1) is 38.7. The first-order valence-electron chi connectivity index (χ1n) is 18.9. The van der Waals surface area contributed by atoms with Crippen molar-refractivity contribution in [3.05, 3.63) is 77.8 Å². The first-order valence-corrected chi connectivity index (χ1v) is 18.9. The zero-order chi connectivity index (χ0) is 39.6. The summed E-state index contributed by atoms with van der Waals surface area (Å²) < 4.78 is 47.4. The number of piperidine rings is 3. The van der Waals surface area contributed by atoms with Gasteiger partial charge < -0.3 is 24.7 Å². The largest absolute Gasteiger partial charge is 0.489 e. The van der Waals surface area contributed by atoms with Crippen molar-refractivity contribution in [3.8, 4) is 5.75 Å². The van der Waals surface area contributed by atoms with Crippen LogP contribution in [0.2, 0.25) is 0 Å². The summed E-state index contributed by atoms with van der Waals surface area (Å²) in [4.78, 5) is 66.9. The molecule has 7 heterocycles. The zero-order valence-electron chi connectivity index (χ0n) is 31.1. The van der Waals surface area contributed by atoms with E-state index in [-0.39, 0.29) is 47.0 Å². The number of pyridine rings is 3. The van der Waals surface area contributed by atoms with Crippen molar-refractivity contribution < 1.29 is 37.1 Å².